The first kappa shape index (κ1) is 14.6. The number of hydrogen-bond acceptors (Lipinski definition) is 3. The molecular weight excluding hydrogens is 226 g/mol. The Morgan fingerprint density at radius 3 is 2.11 bits per heavy atom. The summed E-state index contributed by atoms with van der Waals surface area (Å²) in [6.45, 7) is 10.9. The van der Waals surface area contributed by atoms with Crippen LogP contribution in [0.3, 0.4) is 0 Å². The van der Waals surface area contributed by atoms with Crippen LogP contribution in [0.5, 0.6) is 0 Å². The molecule has 0 aromatic heterocycles. The molecule has 3 nitrogen and oxygen atoms in total. The van der Waals surface area contributed by atoms with Gasteiger partial charge in [-0.1, -0.05) is 32.9 Å². The molecule has 0 saturated heterocycles. The van der Waals surface area contributed by atoms with E-state index in [2.05, 4.69) is 56.8 Å². The standard InChI is InChI=1S/C15H23NO2/c1-10-7-12(15(3,4)5)8-11(2)14(10)16-9-13(17)18-6/h7-8,16H,9H2,1-6H3. The molecule has 0 spiro atoms. The molecule has 18 heavy (non-hydrogen) atoms. The predicted molar refractivity (Wildman–Crippen MR) is 75.1 cm³/mol. The third-order valence-electron chi connectivity index (χ3n) is 3.04. The van der Waals surface area contributed by atoms with Gasteiger partial charge in [0.25, 0.3) is 0 Å². The number of rotatable bonds is 3. The van der Waals surface area contributed by atoms with Gasteiger partial charge in [-0.3, -0.25) is 4.79 Å². The van der Waals surface area contributed by atoms with Crippen molar-refractivity contribution < 1.29 is 9.53 Å². The summed E-state index contributed by atoms with van der Waals surface area (Å²) < 4.78 is 4.63. The Morgan fingerprint density at radius 2 is 1.72 bits per heavy atom. The highest BCUT2D eigenvalue weighted by molar-refractivity contribution is 5.76. The van der Waals surface area contributed by atoms with Gasteiger partial charge in [0.1, 0.15) is 6.54 Å². The Kier molecular flexibility index (Phi) is 4.38. The molecular formula is C15H23NO2. The van der Waals surface area contributed by atoms with E-state index >= 15 is 0 Å². The summed E-state index contributed by atoms with van der Waals surface area (Å²) in [5.74, 6) is -0.256. The first-order valence-corrected chi connectivity index (χ1v) is 6.18. The number of hydrogen-bond donors (Lipinski definition) is 1. The van der Waals surface area contributed by atoms with E-state index in [0.717, 1.165) is 16.8 Å². The molecule has 1 N–H and O–H groups in total. The number of nitrogens with one attached hydrogen (secondary N) is 1. The van der Waals surface area contributed by atoms with Crippen molar-refractivity contribution in [3.8, 4) is 0 Å². The number of benzene rings is 1. The minimum Gasteiger partial charge on any atom is -0.468 e. The van der Waals surface area contributed by atoms with Gasteiger partial charge in [-0.25, -0.2) is 0 Å². The quantitative estimate of drug-likeness (QED) is 0.836. The van der Waals surface area contributed by atoms with Crippen LogP contribution in [0, 0.1) is 13.8 Å². The maximum atomic E-state index is 11.1. The van der Waals surface area contributed by atoms with Crippen LogP contribution in [0.4, 0.5) is 5.69 Å². The Morgan fingerprint density at radius 1 is 1.22 bits per heavy atom. The van der Waals surface area contributed by atoms with Crippen LogP contribution < -0.4 is 5.32 Å². The van der Waals surface area contributed by atoms with E-state index in [1.54, 1.807) is 0 Å². The predicted octanol–water partition coefficient (Wildman–Crippen LogP) is 3.19. The molecule has 100 valence electrons. The zero-order valence-corrected chi connectivity index (χ0v) is 12.2. The molecule has 0 unspecified atom stereocenters. The third-order valence-corrected chi connectivity index (χ3v) is 3.04. The van der Waals surface area contributed by atoms with E-state index < -0.39 is 0 Å². The molecule has 0 amide bonds. The lowest BCUT2D eigenvalue weighted by Crippen LogP contribution is -2.17. The Bertz CT molecular complexity index is 421. The van der Waals surface area contributed by atoms with Gasteiger partial charge in [-0.05, 0) is 36.0 Å². The highest BCUT2D eigenvalue weighted by Gasteiger charge is 2.16. The van der Waals surface area contributed by atoms with Crippen LogP contribution in [-0.4, -0.2) is 19.6 Å². The second-order valence-electron chi connectivity index (χ2n) is 5.66. The summed E-state index contributed by atoms with van der Waals surface area (Å²) in [5.41, 5.74) is 4.78. The van der Waals surface area contributed by atoms with E-state index in [1.807, 2.05) is 0 Å². The van der Waals surface area contributed by atoms with Gasteiger partial charge in [0, 0.05) is 5.69 Å². The van der Waals surface area contributed by atoms with Crippen molar-refractivity contribution in [3.63, 3.8) is 0 Å². The van der Waals surface area contributed by atoms with Gasteiger partial charge < -0.3 is 10.1 Å². The van der Waals surface area contributed by atoms with E-state index in [9.17, 15) is 4.79 Å². The van der Waals surface area contributed by atoms with Crippen molar-refractivity contribution in [2.24, 2.45) is 0 Å². The number of esters is 1. The number of ether oxygens (including phenoxy) is 1. The molecule has 0 saturated carbocycles. The Labute approximate surface area is 110 Å². The third kappa shape index (κ3) is 3.49. The second-order valence-corrected chi connectivity index (χ2v) is 5.66. The monoisotopic (exact) mass is 249 g/mol. The summed E-state index contributed by atoms with van der Waals surface area (Å²) in [7, 11) is 1.40. The van der Waals surface area contributed by atoms with Gasteiger partial charge in [-0.2, -0.15) is 0 Å². The van der Waals surface area contributed by atoms with Crippen molar-refractivity contribution in [1.29, 1.82) is 0 Å². The SMILES string of the molecule is COC(=O)CNc1c(C)cc(C(C)(C)C)cc1C. The van der Waals surface area contributed by atoms with Crippen molar-refractivity contribution in [2.45, 2.75) is 40.0 Å². The van der Waals surface area contributed by atoms with E-state index in [0.29, 0.717) is 0 Å². The van der Waals surface area contributed by atoms with E-state index in [4.69, 9.17) is 0 Å². The van der Waals surface area contributed by atoms with Crippen LogP contribution in [0.2, 0.25) is 0 Å². The molecule has 1 aromatic carbocycles. The van der Waals surface area contributed by atoms with Crippen LogP contribution >= 0.6 is 0 Å². The lowest BCUT2D eigenvalue weighted by molar-refractivity contribution is -0.138. The highest BCUT2D eigenvalue weighted by Crippen LogP contribution is 2.29. The fourth-order valence-corrected chi connectivity index (χ4v) is 1.91. The zero-order valence-electron chi connectivity index (χ0n) is 12.2. The van der Waals surface area contributed by atoms with Crippen LogP contribution in [0.25, 0.3) is 0 Å². The van der Waals surface area contributed by atoms with Gasteiger partial charge in [0.15, 0.2) is 0 Å². The van der Waals surface area contributed by atoms with Crippen LogP contribution in [0.15, 0.2) is 12.1 Å². The first-order valence-electron chi connectivity index (χ1n) is 6.18. The number of carbonyl (C=O) groups excluding carboxylic acids is 1. The van der Waals surface area contributed by atoms with Gasteiger partial charge in [0.05, 0.1) is 7.11 Å². The molecule has 0 aliphatic rings. The highest BCUT2D eigenvalue weighted by atomic mass is 16.5. The van der Waals surface area contributed by atoms with Crippen LogP contribution in [0.1, 0.15) is 37.5 Å². The van der Waals surface area contributed by atoms with Crippen LogP contribution in [-0.2, 0) is 14.9 Å². The molecule has 1 rings (SSSR count). The largest absolute Gasteiger partial charge is 0.468 e. The normalized spacial score (nSPS) is 11.2. The molecule has 0 bridgehead atoms. The molecule has 0 atom stereocenters. The molecule has 1 aromatic rings. The average Bonchev–Trinajstić information content (AvgIpc) is 2.26. The summed E-state index contributed by atoms with van der Waals surface area (Å²) in [5, 5.41) is 3.14. The minimum absolute atomic E-state index is 0.135. The summed E-state index contributed by atoms with van der Waals surface area (Å²) >= 11 is 0. The lowest BCUT2D eigenvalue weighted by Gasteiger charge is -2.22. The average molecular weight is 249 g/mol. The van der Waals surface area contributed by atoms with E-state index in [-0.39, 0.29) is 17.9 Å². The molecule has 0 fully saturated rings. The maximum absolute atomic E-state index is 11.1. The molecule has 0 aliphatic carbocycles. The summed E-state index contributed by atoms with van der Waals surface area (Å²) in [6, 6.07) is 4.35. The summed E-state index contributed by atoms with van der Waals surface area (Å²) in [4.78, 5) is 11.1. The summed E-state index contributed by atoms with van der Waals surface area (Å²) in [6.07, 6.45) is 0. The number of carbonyl (C=O) groups is 1. The Hall–Kier alpha value is -1.51. The minimum atomic E-state index is -0.256. The van der Waals surface area contributed by atoms with Gasteiger partial charge >= 0.3 is 5.97 Å². The number of anilines is 1. The van der Waals surface area contributed by atoms with Crippen molar-refractivity contribution in [3.05, 3.63) is 28.8 Å². The molecule has 0 heterocycles. The fourth-order valence-electron chi connectivity index (χ4n) is 1.91. The van der Waals surface area contributed by atoms with Gasteiger partial charge in [-0.15, -0.1) is 0 Å². The first-order chi connectivity index (χ1) is 8.25. The molecule has 0 aliphatic heterocycles. The van der Waals surface area contributed by atoms with Crippen molar-refractivity contribution >= 4 is 11.7 Å². The number of methoxy groups -OCH3 is 1. The fraction of sp³-hybridized carbons (Fsp3) is 0.533. The maximum Gasteiger partial charge on any atom is 0.325 e. The topological polar surface area (TPSA) is 38.3 Å². The molecule has 3 heteroatoms. The van der Waals surface area contributed by atoms with E-state index in [1.165, 1.54) is 12.7 Å². The van der Waals surface area contributed by atoms with Crippen molar-refractivity contribution in [1.82, 2.24) is 0 Å². The molecule has 0 radical (unpaired) electrons. The smallest absolute Gasteiger partial charge is 0.325 e. The Balaban J connectivity index is 2.98. The second kappa shape index (κ2) is 5.42. The van der Waals surface area contributed by atoms with Crippen molar-refractivity contribution in [2.75, 3.05) is 19.0 Å². The lowest BCUT2D eigenvalue weighted by atomic mass is 9.85. The number of aryl methyl sites for hydroxylation is 2. The zero-order chi connectivity index (χ0) is 13.9. The van der Waals surface area contributed by atoms with Gasteiger partial charge in [0.2, 0.25) is 0 Å².